The highest BCUT2D eigenvalue weighted by atomic mass is 16.5. The Kier molecular flexibility index (Phi) is 4.78. The minimum Gasteiger partial charge on any atom is -0.423 e. The summed E-state index contributed by atoms with van der Waals surface area (Å²) in [5, 5.41) is 11.5. The molecule has 0 aliphatic heterocycles. The lowest BCUT2D eigenvalue weighted by molar-refractivity contribution is 0.0731. The summed E-state index contributed by atoms with van der Waals surface area (Å²) in [4.78, 5) is 14.4. The van der Waals surface area contributed by atoms with Crippen molar-refractivity contribution in [2.45, 2.75) is 6.04 Å². The van der Waals surface area contributed by atoms with E-state index in [1.807, 2.05) is 56.6 Å². The van der Waals surface area contributed by atoms with Gasteiger partial charge in [0.05, 0.1) is 11.6 Å². The number of hydrogen-bond acceptors (Lipinski definition) is 4. The molecule has 0 radical (unpaired) electrons. The molecule has 0 saturated heterocycles. The second-order valence-corrected chi connectivity index (χ2v) is 5.98. The lowest BCUT2D eigenvalue weighted by Gasteiger charge is -2.20. The predicted octanol–water partition coefficient (Wildman–Crippen LogP) is 4.19. The zero-order valence-electron chi connectivity index (χ0n) is 14.1. The summed E-state index contributed by atoms with van der Waals surface area (Å²) in [5.41, 5.74) is 1.15. The van der Waals surface area contributed by atoms with Crippen molar-refractivity contribution in [1.29, 1.82) is 5.26 Å². The third-order valence-electron chi connectivity index (χ3n) is 4.04. The molecule has 0 aliphatic rings. The molecular weight excluding hydrogens is 312 g/mol. The van der Waals surface area contributed by atoms with Gasteiger partial charge in [-0.15, -0.1) is 0 Å². The van der Waals surface area contributed by atoms with Crippen molar-refractivity contribution in [3.8, 4) is 11.8 Å². The van der Waals surface area contributed by atoms with Gasteiger partial charge < -0.3 is 4.74 Å². The van der Waals surface area contributed by atoms with Crippen molar-refractivity contribution < 1.29 is 9.53 Å². The van der Waals surface area contributed by atoms with Crippen LogP contribution in [0.3, 0.4) is 0 Å². The fraction of sp³-hybridized carbons (Fsp3) is 0.143. The van der Waals surface area contributed by atoms with E-state index in [4.69, 9.17) is 4.74 Å². The number of fused-ring (bicyclic) bond motifs is 1. The van der Waals surface area contributed by atoms with Gasteiger partial charge in [-0.1, -0.05) is 48.5 Å². The first-order valence-electron chi connectivity index (χ1n) is 7.96. The van der Waals surface area contributed by atoms with Crippen LogP contribution in [0.1, 0.15) is 22.0 Å². The minimum absolute atomic E-state index is 0.404. The largest absolute Gasteiger partial charge is 0.423 e. The average molecular weight is 330 g/mol. The Labute approximate surface area is 146 Å². The minimum atomic E-state index is -0.486. The second-order valence-electron chi connectivity index (χ2n) is 5.98. The van der Waals surface area contributed by atoms with Crippen LogP contribution < -0.4 is 4.74 Å². The average Bonchev–Trinajstić information content (AvgIpc) is 2.63. The monoisotopic (exact) mass is 330 g/mol. The van der Waals surface area contributed by atoms with Crippen LogP contribution in [0.2, 0.25) is 0 Å². The van der Waals surface area contributed by atoms with Crippen LogP contribution in [-0.2, 0) is 0 Å². The van der Waals surface area contributed by atoms with Crippen molar-refractivity contribution in [3.05, 3.63) is 77.9 Å². The van der Waals surface area contributed by atoms with Gasteiger partial charge in [0.25, 0.3) is 0 Å². The molecule has 3 aromatic rings. The van der Waals surface area contributed by atoms with E-state index in [1.165, 1.54) is 0 Å². The molecule has 0 spiro atoms. The van der Waals surface area contributed by atoms with E-state index in [2.05, 4.69) is 6.07 Å². The lowest BCUT2D eigenvalue weighted by Crippen LogP contribution is -2.20. The molecule has 0 N–H and O–H groups in total. The summed E-state index contributed by atoms with van der Waals surface area (Å²) in [5.74, 6) is -0.0328. The van der Waals surface area contributed by atoms with Crippen LogP contribution in [0.25, 0.3) is 10.8 Å². The number of hydrogen-bond donors (Lipinski definition) is 0. The van der Waals surface area contributed by atoms with Gasteiger partial charge in [0.15, 0.2) is 0 Å². The number of carbonyl (C=O) groups is 1. The van der Waals surface area contributed by atoms with E-state index in [-0.39, 0.29) is 0 Å². The third kappa shape index (κ3) is 3.52. The molecule has 0 heterocycles. The van der Waals surface area contributed by atoms with Gasteiger partial charge in [-0.2, -0.15) is 5.26 Å². The SMILES string of the molecule is CN(C)C(C#N)c1ccccc1OC(=O)c1ccc2ccccc2c1. The molecule has 3 rings (SSSR count). The van der Waals surface area contributed by atoms with Gasteiger partial charge in [0.2, 0.25) is 0 Å². The Bertz CT molecular complexity index is 957. The van der Waals surface area contributed by atoms with Gasteiger partial charge in [-0.05, 0) is 43.1 Å². The zero-order valence-corrected chi connectivity index (χ0v) is 14.1. The molecule has 0 fully saturated rings. The van der Waals surface area contributed by atoms with Crippen molar-refractivity contribution in [2.75, 3.05) is 14.1 Å². The van der Waals surface area contributed by atoms with E-state index in [9.17, 15) is 10.1 Å². The second kappa shape index (κ2) is 7.16. The zero-order chi connectivity index (χ0) is 17.8. The first-order valence-corrected chi connectivity index (χ1v) is 7.96. The van der Waals surface area contributed by atoms with Crippen LogP contribution in [0.5, 0.6) is 5.75 Å². The molecule has 1 unspecified atom stereocenters. The Hall–Kier alpha value is -3.16. The number of rotatable bonds is 4. The standard InChI is InChI=1S/C21H18N2O2/c1-23(2)19(14-22)18-9-5-6-10-20(18)25-21(24)17-12-11-15-7-3-4-8-16(15)13-17/h3-13,19H,1-2H3. The van der Waals surface area contributed by atoms with Crippen LogP contribution in [0.4, 0.5) is 0 Å². The van der Waals surface area contributed by atoms with Crippen LogP contribution in [-0.4, -0.2) is 25.0 Å². The smallest absolute Gasteiger partial charge is 0.343 e. The first-order chi connectivity index (χ1) is 12.1. The molecule has 0 aromatic heterocycles. The Balaban J connectivity index is 1.91. The highest BCUT2D eigenvalue weighted by molar-refractivity contribution is 5.96. The molecule has 4 nitrogen and oxygen atoms in total. The van der Waals surface area contributed by atoms with Gasteiger partial charge in [0, 0.05) is 5.56 Å². The number of para-hydroxylation sites is 1. The molecule has 124 valence electrons. The molecule has 1 atom stereocenters. The molecule has 0 bridgehead atoms. The number of ether oxygens (including phenoxy) is 1. The van der Waals surface area contributed by atoms with E-state index >= 15 is 0 Å². The highest BCUT2D eigenvalue weighted by Crippen LogP contribution is 2.28. The summed E-state index contributed by atoms with van der Waals surface area (Å²) in [6.07, 6.45) is 0. The molecular formula is C21H18N2O2. The molecule has 0 aliphatic carbocycles. The quantitative estimate of drug-likeness (QED) is 0.532. The van der Waals surface area contributed by atoms with Crippen molar-refractivity contribution in [1.82, 2.24) is 4.90 Å². The van der Waals surface area contributed by atoms with Gasteiger partial charge >= 0.3 is 5.97 Å². The van der Waals surface area contributed by atoms with E-state index < -0.39 is 12.0 Å². The van der Waals surface area contributed by atoms with Gasteiger partial charge in [-0.25, -0.2) is 4.79 Å². The Morgan fingerprint density at radius 3 is 2.40 bits per heavy atom. The number of nitrogens with zero attached hydrogens (tertiary/aromatic N) is 2. The number of nitriles is 1. The maximum Gasteiger partial charge on any atom is 0.343 e. The third-order valence-corrected chi connectivity index (χ3v) is 4.04. The fourth-order valence-corrected chi connectivity index (χ4v) is 2.74. The maximum atomic E-state index is 12.6. The van der Waals surface area contributed by atoms with Gasteiger partial charge in [-0.3, -0.25) is 4.90 Å². The van der Waals surface area contributed by atoms with Crippen molar-refractivity contribution in [2.24, 2.45) is 0 Å². The molecule has 25 heavy (non-hydrogen) atoms. The van der Waals surface area contributed by atoms with Gasteiger partial charge in [0.1, 0.15) is 11.8 Å². The fourth-order valence-electron chi connectivity index (χ4n) is 2.74. The molecule has 0 saturated carbocycles. The Morgan fingerprint density at radius 2 is 1.68 bits per heavy atom. The molecule has 0 amide bonds. The van der Waals surface area contributed by atoms with Crippen molar-refractivity contribution in [3.63, 3.8) is 0 Å². The highest BCUT2D eigenvalue weighted by Gasteiger charge is 2.20. The van der Waals surface area contributed by atoms with Crippen LogP contribution in [0, 0.1) is 11.3 Å². The lowest BCUT2D eigenvalue weighted by atomic mass is 10.1. The number of benzene rings is 3. The van der Waals surface area contributed by atoms with Crippen LogP contribution >= 0.6 is 0 Å². The van der Waals surface area contributed by atoms with E-state index in [0.29, 0.717) is 16.9 Å². The topological polar surface area (TPSA) is 53.3 Å². The summed E-state index contributed by atoms with van der Waals surface area (Å²) in [7, 11) is 3.63. The Morgan fingerprint density at radius 1 is 1.00 bits per heavy atom. The summed E-state index contributed by atoms with van der Waals surface area (Å²) < 4.78 is 5.60. The van der Waals surface area contributed by atoms with E-state index in [0.717, 1.165) is 10.8 Å². The summed E-state index contributed by atoms with van der Waals surface area (Å²) >= 11 is 0. The van der Waals surface area contributed by atoms with Crippen LogP contribution in [0.15, 0.2) is 66.7 Å². The molecule has 4 heteroatoms. The molecule has 3 aromatic carbocycles. The summed E-state index contributed by atoms with van der Waals surface area (Å²) in [6.45, 7) is 0. The van der Waals surface area contributed by atoms with Crippen molar-refractivity contribution >= 4 is 16.7 Å². The van der Waals surface area contributed by atoms with E-state index in [1.54, 1.807) is 29.2 Å². The first kappa shape index (κ1) is 16.7. The number of carbonyl (C=O) groups excluding carboxylic acids is 1. The maximum absolute atomic E-state index is 12.6. The summed E-state index contributed by atoms with van der Waals surface area (Å²) in [6, 6.07) is 22.2. The normalized spacial score (nSPS) is 11.9. The predicted molar refractivity (Wildman–Crippen MR) is 97.4 cm³/mol. The number of esters is 1.